The first-order chi connectivity index (χ1) is 13.8. The molecule has 2 aromatic rings. The molecule has 2 fully saturated rings. The van der Waals surface area contributed by atoms with E-state index in [9.17, 15) is 14.7 Å². The second-order valence-electron chi connectivity index (χ2n) is 9.11. The van der Waals surface area contributed by atoms with Gasteiger partial charge >= 0.3 is 5.63 Å². The van der Waals surface area contributed by atoms with E-state index in [0.717, 1.165) is 36.5 Å². The van der Waals surface area contributed by atoms with Crippen molar-refractivity contribution < 1.29 is 19.1 Å². The monoisotopic (exact) mass is 396 g/mol. The zero-order valence-corrected chi connectivity index (χ0v) is 17.0. The molecule has 0 saturated heterocycles. The van der Waals surface area contributed by atoms with Crippen LogP contribution >= 0.6 is 0 Å². The van der Waals surface area contributed by atoms with Crippen molar-refractivity contribution in [1.82, 2.24) is 0 Å². The molecule has 1 N–H and O–H groups in total. The van der Waals surface area contributed by atoms with E-state index in [1.807, 2.05) is 19.1 Å². The first-order valence-electron chi connectivity index (χ1n) is 10.3. The zero-order valence-electron chi connectivity index (χ0n) is 17.0. The van der Waals surface area contributed by atoms with Gasteiger partial charge in [-0.15, -0.1) is 0 Å². The molecule has 1 aromatic heterocycles. The number of ether oxygens (including phenoxy) is 1. The Kier molecular flexibility index (Phi) is 4.89. The maximum atomic E-state index is 12.0. The fraction of sp³-hybridized carbons (Fsp3) is 0.500. The van der Waals surface area contributed by atoms with Crippen molar-refractivity contribution in [3.8, 4) is 5.75 Å². The molecule has 0 radical (unpaired) electrons. The minimum Gasteiger partial charge on any atom is -0.493 e. The van der Waals surface area contributed by atoms with Crippen LogP contribution in [0.1, 0.15) is 39.5 Å². The van der Waals surface area contributed by atoms with Crippen LogP contribution in [0.3, 0.4) is 0 Å². The van der Waals surface area contributed by atoms with Crippen molar-refractivity contribution in [2.45, 2.75) is 45.6 Å². The van der Waals surface area contributed by atoms with E-state index in [2.05, 4.69) is 13.5 Å². The number of benzene rings is 1. The molecule has 2 aliphatic rings. The predicted octanol–water partition coefficient (Wildman–Crippen LogP) is 4.12. The topological polar surface area (TPSA) is 76.7 Å². The number of fused-ring (bicyclic) bond motifs is 2. The molecule has 1 aromatic carbocycles. The molecule has 154 valence electrons. The Bertz CT molecular complexity index is 1010. The van der Waals surface area contributed by atoms with Gasteiger partial charge in [-0.05, 0) is 55.2 Å². The third kappa shape index (κ3) is 3.21. The van der Waals surface area contributed by atoms with E-state index < -0.39 is 11.5 Å². The summed E-state index contributed by atoms with van der Waals surface area (Å²) < 4.78 is 11.4. The van der Waals surface area contributed by atoms with Gasteiger partial charge in [0.2, 0.25) is 0 Å². The van der Waals surface area contributed by atoms with Gasteiger partial charge in [0.25, 0.3) is 0 Å². The molecule has 4 rings (SSSR count). The maximum absolute atomic E-state index is 12.0. The lowest BCUT2D eigenvalue weighted by molar-refractivity contribution is -0.153. The zero-order chi connectivity index (χ0) is 20.8. The summed E-state index contributed by atoms with van der Waals surface area (Å²) in [6, 6.07) is 8.61. The third-order valence-corrected chi connectivity index (χ3v) is 7.53. The molecule has 29 heavy (non-hydrogen) atoms. The average molecular weight is 396 g/mol. The van der Waals surface area contributed by atoms with Gasteiger partial charge in [0, 0.05) is 23.4 Å². The Hall–Kier alpha value is -2.40. The van der Waals surface area contributed by atoms with Gasteiger partial charge in [0.05, 0.1) is 18.1 Å². The maximum Gasteiger partial charge on any atom is 0.336 e. The molecule has 1 heterocycles. The van der Waals surface area contributed by atoms with Crippen molar-refractivity contribution >= 4 is 17.3 Å². The van der Waals surface area contributed by atoms with Crippen molar-refractivity contribution in [3.63, 3.8) is 0 Å². The number of aliphatic hydroxyl groups is 1. The number of rotatable bonds is 4. The highest BCUT2D eigenvalue weighted by Crippen LogP contribution is 2.60. The summed E-state index contributed by atoms with van der Waals surface area (Å²) in [7, 11) is 0. The fourth-order valence-corrected chi connectivity index (χ4v) is 5.68. The molecule has 5 heteroatoms. The van der Waals surface area contributed by atoms with Gasteiger partial charge in [-0.2, -0.15) is 0 Å². The van der Waals surface area contributed by atoms with Gasteiger partial charge in [0.15, 0.2) is 0 Å². The van der Waals surface area contributed by atoms with Crippen LogP contribution in [0.15, 0.2) is 51.7 Å². The van der Waals surface area contributed by atoms with Crippen molar-refractivity contribution in [1.29, 1.82) is 0 Å². The van der Waals surface area contributed by atoms with E-state index >= 15 is 0 Å². The van der Waals surface area contributed by atoms with Gasteiger partial charge in [0.1, 0.15) is 17.6 Å². The summed E-state index contributed by atoms with van der Waals surface area (Å²) in [5.41, 5.74) is 0.350. The smallest absolute Gasteiger partial charge is 0.336 e. The molecule has 5 nitrogen and oxygen atoms in total. The first-order valence-corrected chi connectivity index (χ1v) is 10.3. The second kappa shape index (κ2) is 7.13. The molecule has 0 amide bonds. The van der Waals surface area contributed by atoms with E-state index in [4.69, 9.17) is 9.15 Å². The number of aliphatic hydroxyl groups excluding tert-OH is 1. The Morgan fingerprint density at radius 1 is 1.28 bits per heavy atom. The lowest BCUT2D eigenvalue weighted by atomic mass is 9.47. The third-order valence-electron chi connectivity index (χ3n) is 7.53. The van der Waals surface area contributed by atoms with E-state index in [1.165, 1.54) is 6.07 Å². The summed E-state index contributed by atoms with van der Waals surface area (Å²) in [4.78, 5) is 23.4. The van der Waals surface area contributed by atoms with Crippen molar-refractivity contribution in [3.05, 3.63) is 52.9 Å². The quantitative estimate of drug-likeness (QED) is 0.478. The molecule has 0 bridgehead atoms. The molecule has 2 saturated carbocycles. The largest absolute Gasteiger partial charge is 0.493 e. The standard InChI is InChI=1S/C24H28O5/c1-15-4-8-20-23(2,11-10-21(26)24(20,3)14-25)18(15)13-28-17-7-5-16-6-9-22(27)29-19(16)12-17/h5-7,9,12,14,18,20-21,26H,1,4,8,10-11,13H2,2-3H3/t18-,20+,21+,23+,24+/m1/s1. The highest BCUT2D eigenvalue weighted by Gasteiger charge is 2.58. The van der Waals surface area contributed by atoms with E-state index in [1.54, 1.807) is 12.1 Å². The number of hydrogen-bond donors (Lipinski definition) is 1. The molecule has 2 aliphatic carbocycles. The Balaban J connectivity index is 1.59. The minimum atomic E-state index is -0.738. The van der Waals surface area contributed by atoms with Crippen LogP contribution in [0.25, 0.3) is 11.0 Å². The van der Waals surface area contributed by atoms with Crippen molar-refractivity contribution in [2.24, 2.45) is 22.7 Å². The number of aldehydes is 1. The number of carbonyl (C=O) groups excluding carboxylic acids is 1. The summed E-state index contributed by atoms with van der Waals surface area (Å²) in [6.07, 6.45) is 3.48. The lowest BCUT2D eigenvalue weighted by Gasteiger charge is -2.58. The molecular formula is C24H28O5. The number of carbonyl (C=O) groups is 1. The Morgan fingerprint density at radius 2 is 2.03 bits per heavy atom. The molecule has 0 unspecified atom stereocenters. The van der Waals surface area contributed by atoms with Crippen LogP contribution in [0.4, 0.5) is 0 Å². The predicted molar refractivity (Wildman–Crippen MR) is 111 cm³/mol. The van der Waals surface area contributed by atoms with Crippen LogP contribution in [0.2, 0.25) is 0 Å². The summed E-state index contributed by atoms with van der Waals surface area (Å²) in [5.74, 6) is 0.816. The molecule has 0 spiro atoms. The van der Waals surface area contributed by atoms with Crippen LogP contribution in [-0.2, 0) is 4.79 Å². The highest BCUT2D eigenvalue weighted by atomic mass is 16.5. The average Bonchev–Trinajstić information content (AvgIpc) is 2.70. The lowest BCUT2D eigenvalue weighted by Crippen LogP contribution is -2.57. The molecule has 5 atom stereocenters. The van der Waals surface area contributed by atoms with Crippen LogP contribution in [0, 0.1) is 22.7 Å². The second-order valence-corrected chi connectivity index (χ2v) is 9.11. The van der Waals surface area contributed by atoms with Gasteiger partial charge in [-0.1, -0.05) is 26.0 Å². The molecule has 0 aliphatic heterocycles. The fourth-order valence-electron chi connectivity index (χ4n) is 5.68. The van der Waals surface area contributed by atoms with Crippen LogP contribution in [-0.4, -0.2) is 24.1 Å². The summed E-state index contributed by atoms with van der Waals surface area (Å²) in [6.45, 7) is 8.86. The Morgan fingerprint density at radius 3 is 2.79 bits per heavy atom. The molecular weight excluding hydrogens is 368 g/mol. The van der Waals surface area contributed by atoms with Crippen LogP contribution < -0.4 is 10.4 Å². The normalized spacial score (nSPS) is 34.6. The van der Waals surface area contributed by atoms with Gasteiger partial charge in [-0.25, -0.2) is 4.79 Å². The summed E-state index contributed by atoms with van der Waals surface area (Å²) in [5, 5.41) is 11.4. The Labute approximate surface area is 170 Å². The first kappa shape index (κ1) is 19.9. The number of hydrogen-bond acceptors (Lipinski definition) is 5. The SMILES string of the molecule is C=C1CC[C@@H]2[C@](C)(C=O)[C@@H](O)CC[C@@]2(C)[C@@H]1COc1ccc2ccc(=O)oc2c1. The van der Waals surface area contributed by atoms with Crippen molar-refractivity contribution in [2.75, 3.05) is 6.61 Å². The van der Waals surface area contributed by atoms with E-state index in [0.29, 0.717) is 24.4 Å². The van der Waals surface area contributed by atoms with Gasteiger partial charge < -0.3 is 19.1 Å². The van der Waals surface area contributed by atoms with E-state index in [-0.39, 0.29) is 22.9 Å². The van der Waals surface area contributed by atoms with Gasteiger partial charge in [-0.3, -0.25) is 0 Å². The summed E-state index contributed by atoms with van der Waals surface area (Å²) >= 11 is 0. The minimum absolute atomic E-state index is 0.0879. The van der Waals surface area contributed by atoms with Crippen LogP contribution in [0.5, 0.6) is 5.75 Å². The highest BCUT2D eigenvalue weighted by molar-refractivity contribution is 5.77.